The van der Waals surface area contributed by atoms with Crippen molar-refractivity contribution in [2.24, 2.45) is 0 Å². The van der Waals surface area contributed by atoms with Gasteiger partial charge >= 0.3 is 0 Å². The van der Waals surface area contributed by atoms with E-state index in [-0.39, 0.29) is 5.91 Å². The zero-order valence-corrected chi connectivity index (χ0v) is 15.2. The monoisotopic (exact) mass is 383 g/mol. The van der Waals surface area contributed by atoms with Gasteiger partial charge in [0, 0.05) is 41.1 Å². The van der Waals surface area contributed by atoms with Gasteiger partial charge in [-0.1, -0.05) is 12.1 Å². The molecule has 1 aromatic carbocycles. The standard InChI is InChI=1S/C18H13N3O.CH4O3S/c22-18-16(10-14-4-2-8-20-14)15-9-12(5-6-17(15)21-18)13-3-1-7-19-11-13;1-5(2,3)4/h1-11,20H,(H,21,22);1H3,(H,2,3,4)/b16-10+;. The lowest BCUT2D eigenvalue weighted by Gasteiger charge is -2.04. The lowest BCUT2D eigenvalue weighted by molar-refractivity contribution is -0.110. The van der Waals surface area contributed by atoms with Crippen LogP contribution in [-0.4, -0.2) is 35.1 Å². The van der Waals surface area contributed by atoms with Crippen molar-refractivity contribution in [2.75, 3.05) is 11.6 Å². The summed E-state index contributed by atoms with van der Waals surface area (Å²) < 4.78 is 25.9. The molecule has 0 atom stereocenters. The van der Waals surface area contributed by atoms with E-state index < -0.39 is 10.1 Å². The first kappa shape index (κ1) is 18.6. The van der Waals surface area contributed by atoms with Gasteiger partial charge in [0.1, 0.15) is 0 Å². The van der Waals surface area contributed by atoms with Crippen molar-refractivity contribution in [2.45, 2.75) is 0 Å². The van der Waals surface area contributed by atoms with E-state index >= 15 is 0 Å². The molecule has 7 nitrogen and oxygen atoms in total. The Kier molecular flexibility index (Phi) is 5.20. The molecular formula is C19H17N3O4S. The highest BCUT2D eigenvalue weighted by atomic mass is 32.2. The number of nitrogens with one attached hydrogen (secondary N) is 2. The highest BCUT2D eigenvalue weighted by molar-refractivity contribution is 7.85. The molecule has 1 aliphatic rings. The zero-order valence-electron chi connectivity index (χ0n) is 14.4. The van der Waals surface area contributed by atoms with E-state index in [1.165, 1.54) is 0 Å². The molecule has 1 amide bonds. The van der Waals surface area contributed by atoms with Crippen molar-refractivity contribution in [3.05, 3.63) is 72.3 Å². The summed E-state index contributed by atoms with van der Waals surface area (Å²) in [4.78, 5) is 19.4. The number of carbonyl (C=O) groups is 1. The van der Waals surface area contributed by atoms with Gasteiger partial charge in [-0.05, 0) is 42.0 Å². The van der Waals surface area contributed by atoms with Crippen LogP contribution in [0.1, 0.15) is 11.3 Å². The van der Waals surface area contributed by atoms with Gasteiger partial charge in [0.2, 0.25) is 0 Å². The number of H-pyrrole nitrogens is 1. The van der Waals surface area contributed by atoms with E-state index in [0.717, 1.165) is 28.1 Å². The quantitative estimate of drug-likeness (QED) is 0.465. The highest BCUT2D eigenvalue weighted by Crippen LogP contribution is 2.35. The number of carbonyl (C=O) groups excluding carboxylic acids is 1. The number of anilines is 1. The van der Waals surface area contributed by atoms with Crippen LogP contribution in [0.2, 0.25) is 0 Å². The van der Waals surface area contributed by atoms with Crippen molar-refractivity contribution >= 4 is 33.4 Å². The summed E-state index contributed by atoms with van der Waals surface area (Å²) in [5.74, 6) is -0.0760. The highest BCUT2D eigenvalue weighted by Gasteiger charge is 2.24. The maximum atomic E-state index is 12.2. The average molecular weight is 383 g/mol. The second-order valence-corrected chi connectivity index (χ2v) is 7.34. The maximum Gasteiger partial charge on any atom is 0.261 e. The first-order chi connectivity index (χ1) is 12.8. The third-order valence-corrected chi connectivity index (χ3v) is 3.72. The molecule has 0 fully saturated rings. The van der Waals surface area contributed by atoms with Crippen molar-refractivity contribution in [1.29, 1.82) is 0 Å². The van der Waals surface area contributed by atoms with Crippen LogP contribution in [-0.2, 0) is 14.9 Å². The van der Waals surface area contributed by atoms with Crippen LogP contribution in [0.25, 0.3) is 22.8 Å². The third-order valence-electron chi connectivity index (χ3n) is 3.72. The summed E-state index contributed by atoms with van der Waals surface area (Å²) >= 11 is 0. The minimum absolute atomic E-state index is 0.0760. The number of aromatic amines is 1. The lowest BCUT2D eigenvalue weighted by Crippen LogP contribution is -2.03. The van der Waals surface area contributed by atoms with Crippen LogP contribution in [0.3, 0.4) is 0 Å². The van der Waals surface area contributed by atoms with E-state index in [0.29, 0.717) is 11.8 Å². The lowest BCUT2D eigenvalue weighted by atomic mass is 10.00. The molecule has 0 radical (unpaired) electrons. The topological polar surface area (TPSA) is 112 Å². The van der Waals surface area contributed by atoms with Gasteiger partial charge < -0.3 is 10.3 Å². The molecule has 3 N–H and O–H groups in total. The normalized spacial score (nSPS) is 14.3. The molecule has 0 unspecified atom stereocenters. The second-order valence-electron chi connectivity index (χ2n) is 5.87. The molecule has 8 heteroatoms. The van der Waals surface area contributed by atoms with Crippen molar-refractivity contribution < 1.29 is 17.8 Å². The summed E-state index contributed by atoms with van der Waals surface area (Å²) in [7, 11) is -3.67. The summed E-state index contributed by atoms with van der Waals surface area (Å²) in [6, 6.07) is 13.7. The van der Waals surface area contributed by atoms with Crippen LogP contribution < -0.4 is 5.32 Å². The van der Waals surface area contributed by atoms with Crippen LogP contribution in [0.5, 0.6) is 0 Å². The largest absolute Gasteiger partial charge is 0.362 e. The average Bonchev–Trinajstić information content (AvgIpc) is 3.23. The third kappa shape index (κ3) is 4.90. The van der Waals surface area contributed by atoms with E-state index in [9.17, 15) is 13.2 Å². The fraction of sp³-hybridized carbons (Fsp3) is 0.0526. The fourth-order valence-electron chi connectivity index (χ4n) is 2.63. The van der Waals surface area contributed by atoms with Crippen LogP contribution >= 0.6 is 0 Å². The van der Waals surface area contributed by atoms with Gasteiger partial charge in [0.15, 0.2) is 0 Å². The fourth-order valence-corrected chi connectivity index (χ4v) is 2.63. The molecule has 0 aliphatic carbocycles. The number of amides is 1. The number of aromatic nitrogens is 2. The second kappa shape index (κ2) is 7.56. The maximum absolute atomic E-state index is 12.2. The predicted octanol–water partition coefficient (Wildman–Crippen LogP) is 3.07. The number of pyridine rings is 1. The minimum atomic E-state index is -3.67. The first-order valence-corrected chi connectivity index (χ1v) is 9.80. The Bertz CT molecular complexity index is 1080. The summed E-state index contributed by atoms with van der Waals surface area (Å²) in [6.45, 7) is 0. The number of rotatable bonds is 2. The van der Waals surface area contributed by atoms with Crippen LogP contribution in [0, 0.1) is 0 Å². The van der Waals surface area contributed by atoms with E-state index in [1.54, 1.807) is 6.20 Å². The summed E-state index contributed by atoms with van der Waals surface area (Å²) in [6.07, 6.45) is 7.99. The van der Waals surface area contributed by atoms with Gasteiger partial charge in [0.05, 0.1) is 11.8 Å². The van der Waals surface area contributed by atoms with Gasteiger partial charge in [0.25, 0.3) is 16.0 Å². The number of fused-ring (bicyclic) bond motifs is 1. The predicted molar refractivity (Wildman–Crippen MR) is 104 cm³/mol. The number of nitrogens with zero attached hydrogens (tertiary/aromatic N) is 1. The molecule has 0 spiro atoms. The molecule has 0 saturated heterocycles. The molecule has 2 aromatic heterocycles. The Hall–Kier alpha value is -3.23. The molecule has 4 rings (SSSR count). The Morgan fingerprint density at radius 1 is 1.11 bits per heavy atom. The molecular weight excluding hydrogens is 366 g/mol. The zero-order chi connectivity index (χ0) is 19.4. The SMILES string of the molecule is CS(=O)(=O)O.O=C1Nc2ccc(-c3cccnc3)cc2/C1=C\c1ccc[nH]1. The summed E-state index contributed by atoms with van der Waals surface area (Å²) in [5, 5.41) is 2.90. The van der Waals surface area contributed by atoms with Crippen molar-refractivity contribution in [1.82, 2.24) is 9.97 Å². The van der Waals surface area contributed by atoms with E-state index in [2.05, 4.69) is 15.3 Å². The van der Waals surface area contributed by atoms with Gasteiger partial charge in [-0.2, -0.15) is 8.42 Å². The smallest absolute Gasteiger partial charge is 0.261 e. The van der Waals surface area contributed by atoms with Crippen molar-refractivity contribution in [3.8, 4) is 11.1 Å². The Labute approximate surface area is 156 Å². The molecule has 1 aliphatic heterocycles. The van der Waals surface area contributed by atoms with Crippen LogP contribution in [0.15, 0.2) is 61.1 Å². The molecule has 3 heterocycles. The number of hydrogen-bond acceptors (Lipinski definition) is 4. The molecule has 0 saturated carbocycles. The Morgan fingerprint density at radius 3 is 2.52 bits per heavy atom. The van der Waals surface area contributed by atoms with Gasteiger partial charge in [-0.25, -0.2) is 0 Å². The molecule has 0 bridgehead atoms. The minimum Gasteiger partial charge on any atom is -0.362 e. The number of hydrogen-bond donors (Lipinski definition) is 3. The molecule has 138 valence electrons. The molecule has 27 heavy (non-hydrogen) atoms. The van der Waals surface area contributed by atoms with E-state index in [1.807, 2.05) is 60.9 Å². The molecule has 3 aromatic rings. The van der Waals surface area contributed by atoms with Gasteiger partial charge in [-0.3, -0.25) is 14.3 Å². The Morgan fingerprint density at radius 2 is 1.89 bits per heavy atom. The van der Waals surface area contributed by atoms with Gasteiger partial charge in [-0.15, -0.1) is 0 Å². The summed E-state index contributed by atoms with van der Waals surface area (Å²) in [5.41, 5.74) is 5.41. The van der Waals surface area contributed by atoms with Crippen LogP contribution in [0.4, 0.5) is 5.69 Å². The number of benzene rings is 1. The first-order valence-electron chi connectivity index (χ1n) is 7.95. The van der Waals surface area contributed by atoms with Crippen molar-refractivity contribution in [3.63, 3.8) is 0 Å². The van der Waals surface area contributed by atoms with E-state index in [4.69, 9.17) is 4.55 Å². The Balaban J connectivity index is 0.000000376.